The van der Waals surface area contributed by atoms with Gasteiger partial charge < -0.3 is 20.4 Å². The molecule has 6 atom stereocenters. The summed E-state index contributed by atoms with van der Waals surface area (Å²) in [6, 6.07) is 0. The summed E-state index contributed by atoms with van der Waals surface area (Å²) >= 11 is 15.8. The van der Waals surface area contributed by atoms with Gasteiger partial charge in [-0.2, -0.15) is 50.5 Å². The van der Waals surface area contributed by atoms with E-state index >= 15 is 0 Å². The molecule has 98 valence electrons. The number of hydrogen-bond acceptors (Lipinski definition) is 8. The third-order valence-electron chi connectivity index (χ3n) is 2.21. The van der Waals surface area contributed by atoms with Crippen molar-refractivity contribution < 1.29 is 20.4 Å². The molecule has 0 rings (SSSR count). The molecule has 4 N–H and O–H groups in total. The van der Waals surface area contributed by atoms with E-state index in [1.165, 1.54) is 0 Å². The Morgan fingerprint density at radius 3 is 1.12 bits per heavy atom. The van der Waals surface area contributed by atoms with Crippen LogP contribution in [0.15, 0.2) is 0 Å². The van der Waals surface area contributed by atoms with E-state index in [0.717, 1.165) is 0 Å². The molecule has 8 heteroatoms. The monoisotopic (exact) mass is 306 g/mol. The van der Waals surface area contributed by atoms with Gasteiger partial charge in [-0.1, -0.05) is 0 Å². The summed E-state index contributed by atoms with van der Waals surface area (Å²) in [7, 11) is 0. The highest BCUT2D eigenvalue weighted by atomic mass is 32.1. The van der Waals surface area contributed by atoms with E-state index in [2.05, 4.69) is 50.5 Å². The Bertz CT molecular complexity index is 177. The molecule has 16 heavy (non-hydrogen) atoms. The van der Waals surface area contributed by atoms with Crippen molar-refractivity contribution in [2.75, 3.05) is 11.5 Å². The van der Waals surface area contributed by atoms with Gasteiger partial charge in [-0.05, 0) is 0 Å². The Morgan fingerprint density at radius 2 is 0.938 bits per heavy atom. The minimum absolute atomic E-state index is 0.0734. The maximum absolute atomic E-state index is 9.62. The van der Waals surface area contributed by atoms with Gasteiger partial charge in [-0.25, -0.2) is 0 Å². The van der Waals surface area contributed by atoms with Crippen molar-refractivity contribution >= 4 is 50.5 Å². The van der Waals surface area contributed by atoms with Crippen molar-refractivity contribution in [3.05, 3.63) is 0 Å². The van der Waals surface area contributed by atoms with E-state index in [9.17, 15) is 20.4 Å². The topological polar surface area (TPSA) is 80.9 Å². The van der Waals surface area contributed by atoms with Gasteiger partial charge in [0.25, 0.3) is 0 Å². The molecule has 0 fully saturated rings. The van der Waals surface area contributed by atoms with E-state index in [-0.39, 0.29) is 11.5 Å². The van der Waals surface area contributed by atoms with Gasteiger partial charge in [0.2, 0.25) is 0 Å². The molecule has 0 aliphatic rings. The molecule has 0 saturated heterocycles. The average Bonchev–Trinajstić information content (AvgIpc) is 2.32. The molecule has 0 aromatic rings. The van der Waals surface area contributed by atoms with Crippen LogP contribution in [-0.2, 0) is 0 Å². The molecule has 4 nitrogen and oxygen atoms in total. The zero-order valence-electron chi connectivity index (χ0n) is 8.46. The van der Waals surface area contributed by atoms with Crippen molar-refractivity contribution in [3.8, 4) is 0 Å². The third kappa shape index (κ3) is 4.85. The minimum Gasteiger partial charge on any atom is -0.390 e. The summed E-state index contributed by atoms with van der Waals surface area (Å²) in [6.45, 7) is 0. The summed E-state index contributed by atoms with van der Waals surface area (Å²) in [4.78, 5) is 0. The molecule has 0 heterocycles. The number of hydrogen-bond donors (Lipinski definition) is 8. The minimum atomic E-state index is -1.18. The molecule has 0 aliphatic heterocycles. The largest absolute Gasteiger partial charge is 0.390 e. The van der Waals surface area contributed by atoms with Gasteiger partial charge in [0.15, 0.2) is 0 Å². The molecule has 0 amide bonds. The first-order chi connectivity index (χ1) is 7.36. The first-order valence-corrected chi connectivity index (χ1v) is 6.96. The van der Waals surface area contributed by atoms with Crippen LogP contribution in [0.1, 0.15) is 0 Å². The van der Waals surface area contributed by atoms with E-state index in [4.69, 9.17) is 0 Å². The lowest BCUT2D eigenvalue weighted by atomic mass is 10.0. The lowest BCUT2D eigenvalue weighted by molar-refractivity contribution is 0.00300. The highest BCUT2D eigenvalue weighted by molar-refractivity contribution is 7.85. The molecule has 0 spiro atoms. The summed E-state index contributed by atoms with van der Waals surface area (Å²) in [5.74, 6) is 0.147. The van der Waals surface area contributed by atoms with E-state index in [0.29, 0.717) is 0 Å². The van der Waals surface area contributed by atoms with Crippen molar-refractivity contribution in [1.82, 2.24) is 0 Å². The molecule has 0 aromatic carbocycles. The second-order valence-corrected chi connectivity index (χ2v) is 5.39. The molecule has 0 bridgehead atoms. The smallest absolute Gasteiger partial charge is 0.0934 e. The van der Waals surface area contributed by atoms with Crippen LogP contribution >= 0.6 is 50.5 Å². The molecule has 4 unspecified atom stereocenters. The summed E-state index contributed by atoms with van der Waals surface area (Å²) < 4.78 is 0. The van der Waals surface area contributed by atoms with Crippen molar-refractivity contribution in [1.29, 1.82) is 0 Å². The summed E-state index contributed by atoms with van der Waals surface area (Å²) in [5, 5.41) is 36.4. The predicted octanol–water partition coefficient (Wildman–Crippen LogP) is -1.11. The van der Waals surface area contributed by atoms with Crippen LogP contribution in [0.5, 0.6) is 0 Å². The highest BCUT2D eigenvalue weighted by Crippen LogP contribution is 2.21. The van der Waals surface area contributed by atoms with Crippen LogP contribution in [0.25, 0.3) is 0 Å². The Labute approximate surface area is 117 Å². The zero-order valence-corrected chi connectivity index (χ0v) is 12.0. The SMILES string of the molecule is OC(CS)C(O)C(S)C(S)[C@@H](O)[C@H](O)CS. The van der Waals surface area contributed by atoms with Gasteiger partial charge in [-0.3, -0.25) is 0 Å². The van der Waals surface area contributed by atoms with Gasteiger partial charge >= 0.3 is 0 Å². The Morgan fingerprint density at radius 1 is 0.688 bits per heavy atom. The fourth-order valence-electron chi connectivity index (χ4n) is 1.08. The van der Waals surface area contributed by atoms with Crippen LogP contribution in [-0.4, -0.2) is 66.8 Å². The van der Waals surface area contributed by atoms with Gasteiger partial charge in [0.05, 0.1) is 24.4 Å². The van der Waals surface area contributed by atoms with Crippen molar-refractivity contribution in [2.24, 2.45) is 0 Å². The second-order valence-electron chi connectivity index (χ2n) is 3.46. The highest BCUT2D eigenvalue weighted by Gasteiger charge is 2.34. The first-order valence-electron chi connectivity index (χ1n) is 4.66. The van der Waals surface area contributed by atoms with Crippen LogP contribution in [0.3, 0.4) is 0 Å². The molecule has 0 aromatic heterocycles. The maximum Gasteiger partial charge on any atom is 0.0934 e. The van der Waals surface area contributed by atoms with E-state index in [1.807, 2.05) is 0 Å². The lowest BCUT2D eigenvalue weighted by Gasteiger charge is -2.31. The third-order valence-corrected chi connectivity index (χ3v) is 4.45. The molecular weight excluding hydrogens is 288 g/mol. The zero-order chi connectivity index (χ0) is 12.9. The fraction of sp³-hybridized carbons (Fsp3) is 1.00. The maximum atomic E-state index is 9.62. The number of aliphatic hydroxyl groups is 4. The second kappa shape index (κ2) is 8.36. The fourth-order valence-corrected chi connectivity index (χ4v) is 2.26. The predicted molar refractivity (Wildman–Crippen MR) is 77.3 cm³/mol. The van der Waals surface area contributed by atoms with Crippen LogP contribution in [0.4, 0.5) is 0 Å². The molecule has 0 aliphatic carbocycles. The summed E-state index contributed by atoms with van der Waals surface area (Å²) in [6.07, 6.45) is -4.46. The number of thiol groups is 4. The lowest BCUT2D eigenvalue weighted by Crippen LogP contribution is -2.48. The van der Waals surface area contributed by atoms with Crippen molar-refractivity contribution in [2.45, 2.75) is 34.9 Å². The molecular formula is C8H18O4S4. The Kier molecular flexibility index (Phi) is 9.01. The quantitative estimate of drug-likeness (QED) is 0.287. The van der Waals surface area contributed by atoms with Gasteiger partial charge in [-0.15, -0.1) is 0 Å². The molecule has 0 radical (unpaired) electrons. The van der Waals surface area contributed by atoms with Crippen molar-refractivity contribution in [3.63, 3.8) is 0 Å². The van der Waals surface area contributed by atoms with Crippen LogP contribution in [0.2, 0.25) is 0 Å². The van der Waals surface area contributed by atoms with Crippen LogP contribution in [0, 0.1) is 0 Å². The average molecular weight is 306 g/mol. The van der Waals surface area contributed by atoms with E-state index in [1.54, 1.807) is 0 Å². The Balaban J connectivity index is 4.41. The van der Waals surface area contributed by atoms with Crippen LogP contribution < -0.4 is 0 Å². The molecule has 0 saturated carbocycles. The Hall–Kier alpha value is 1.24. The first kappa shape index (κ1) is 17.2. The number of rotatable bonds is 7. The normalized spacial score (nSPS) is 23.2. The van der Waals surface area contributed by atoms with Gasteiger partial charge in [0, 0.05) is 22.0 Å². The summed E-state index contributed by atoms with van der Waals surface area (Å²) in [5.41, 5.74) is 0. The standard InChI is InChI=1S/C8H18O4S4/c9-3(1-13)5(11)7(15)8(16)6(12)4(10)2-14/h3-16H,1-2H2/t3-,4?,5+,6?,7?,8?/m1/s1. The van der Waals surface area contributed by atoms with E-state index < -0.39 is 34.9 Å². The number of aliphatic hydroxyl groups excluding tert-OH is 4. The van der Waals surface area contributed by atoms with Gasteiger partial charge in [0.1, 0.15) is 0 Å².